The van der Waals surface area contributed by atoms with Crippen LogP contribution >= 0.6 is 11.6 Å². The van der Waals surface area contributed by atoms with Gasteiger partial charge in [0.25, 0.3) is 5.91 Å². The number of rotatable bonds is 6. The van der Waals surface area contributed by atoms with Crippen LogP contribution in [-0.4, -0.2) is 31.0 Å². The molecule has 2 amide bonds. The number of benzene rings is 4. The Morgan fingerprint density at radius 1 is 0.854 bits per heavy atom. The number of carbonyl (C=O) groups is 3. The van der Waals surface area contributed by atoms with Crippen LogP contribution < -0.4 is 19.4 Å². The zero-order valence-electron chi connectivity index (χ0n) is 21.6. The zero-order chi connectivity index (χ0) is 28.7. The van der Waals surface area contributed by atoms with Gasteiger partial charge >= 0.3 is 5.97 Å². The monoisotopic (exact) mass is 572 g/mol. The van der Waals surface area contributed by atoms with Crippen molar-refractivity contribution in [3.05, 3.63) is 119 Å². The molecular weight excluding hydrogens is 551 g/mol. The van der Waals surface area contributed by atoms with Gasteiger partial charge in [-0.1, -0.05) is 35.9 Å². The highest BCUT2D eigenvalue weighted by Crippen LogP contribution is 2.49. The van der Waals surface area contributed by atoms with Crippen LogP contribution in [0.2, 0.25) is 5.02 Å². The number of imide groups is 1. The Hall–Kier alpha value is -4.73. The number of esters is 1. The molecule has 0 spiro atoms. The number of halogens is 2. The molecule has 10 heteroatoms. The number of anilines is 2. The van der Waals surface area contributed by atoms with Crippen LogP contribution in [0.3, 0.4) is 0 Å². The van der Waals surface area contributed by atoms with E-state index in [1.807, 2.05) is 0 Å². The molecule has 3 atom stereocenters. The van der Waals surface area contributed by atoms with Gasteiger partial charge in [-0.25, -0.2) is 19.1 Å². The standard InChI is InChI=1S/C31H22ClFN2O6/c1-39-25-17-19(7-16-24(25)40-31(38)18-5-3-2-4-6-18)27-26-28(41-35(27)23-12-8-20(32)9-13-23)30(37)34(29(26)36)22-14-10-21(33)11-15-22/h2-17,26-28H,1H3/t26-,27-,28-/m1/s1. The third kappa shape index (κ3) is 4.79. The Labute approximate surface area is 239 Å². The molecule has 206 valence electrons. The number of carbonyl (C=O) groups excluding carboxylic acids is 3. The Morgan fingerprint density at radius 2 is 1.54 bits per heavy atom. The summed E-state index contributed by atoms with van der Waals surface area (Å²) in [6.07, 6.45) is -1.13. The van der Waals surface area contributed by atoms with E-state index in [1.165, 1.54) is 36.4 Å². The van der Waals surface area contributed by atoms with Gasteiger partial charge in [-0.2, -0.15) is 0 Å². The van der Waals surface area contributed by atoms with Crippen LogP contribution in [0.1, 0.15) is 22.0 Å². The van der Waals surface area contributed by atoms with E-state index < -0.39 is 41.7 Å². The van der Waals surface area contributed by atoms with Crippen molar-refractivity contribution in [1.82, 2.24) is 0 Å². The molecule has 4 aromatic carbocycles. The SMILES string of the molecule is COc1cc([C@@H]2[C@H]3C(=O)N(c4ccc(F)cc4)C(=O)[C@@H]3ON2c2ccc(Cl)cc2)ccc1OC(=O)c1ccccc1. The lowest BCUT2D eigenvalue weighted by molar-refractivity contribution is -0.126. The van der Waals surface area contributed by atoms with Crippen LogP contribution in [0, 0.1) is 11.7 Å². The van der Waals surface area contributed by atoms with Crippen molar-refractivity contribution >= 4 is 40.8 Å². The molecule has 0 radical (unpaired) electrons. The van der Waals surface area contributed by atoms with E-state index in [0.717, 1.165) is 4.90 Å². The van der Waals surface area contributed by atoms with E-state index in [0.29, 0.717) is 21.8 Å². The summed E-state index contributed by atoms with van der Waals surface area (Å²) in [4.78, 5) is 47.1. The lowest BCUT2D eigenvalue weighted by Gasteiger charge is -2.29. The first-order valence-corrected chi connectivity index (χ1v) is 13.0. The number of methoxy groups -OCH3 is 1. The van der Waals surface area contributed by atoms with Crippen LogP contribution in [0.15, 0.2) is 97.1 Å². The lowest BCUT2D eigenvalue weighted by atomic mass is 9.90. The summed E-state index contributed by atoms with van der Waals surface area (Å²) in [5.74, 6) is -2.61. The number of amides is 2. The number of hydroxylamine groups is 1. The predicted molar refractivity (Wildman–Crippen MR) is 148 cm³/mol. The second kappa shape index (κ2) is 10.7. The van der Waals surface area contributed by atoms with Crippen molar-refractivity contribution < 1.29 is 33.1 Å². The molecule has 8 nitrogen and oxygen atoms in total. The van der Waals surface area contributed by atoms with Crippen LogP contribution in [0.25, 0.3) is 0 Å². The molecule has 41 heavy (non-hydrogen) atoms. The molecule has 4 aromatic rings. The first-order chi connectivity index (χ1) is 19.9. The Balaban J connectivity index is 1.38. The minimum atomic E-state index is -1.13. The largest absolute Gasteiger partial charge is 0.493 e. The smallest absolute Gasteiger partial charge is 0.343 e. The van der Waals surface area contributed by atoms with Gasteiger partial charge in [0.05, 0.1) is 30.1 Å². The third-order valence-electron chi connectivity index (χ3n) is 7.02. The third-order valence-corrected chi connectivity index (χ3v) is 7.27. The molecular formula is C31H22ClFN2O6. The fraction of sp³-hybridized carbons (Fsp3) is 0.129. The van der Waals surface area contributed by atoms with E-state index in [9.17, 15) is 18.8 Å². The molecule has 0 aliphatic carbocycles. The van der Waals surface area contributed by atoms with Gasteiger partial charge in [-0.05, 0) is 78.4 Å². The fourth-order valence-corrected chi connectivity index (χ4v) is 5.22. The zero-order valence-corrected chi connectivity index (χ0v) is 22.3. The van der Waals surface area contributed by atoms with Crippen LogP contribution in [-0.2, 0) is 14.4 Å². The predicted octanol–water partition coefficient (Wildman–Crippen LogP) is 5.76. The van der Waals surface area contributed by atoms with E-state index >= 15 is 0 Å². The van der Waals surface area contributed by atoms with E-state index in [2.05, 4.69) is 0 Å². The number of hydrogen-bond acceptors (Lipinski definition) is 7. The van der Waals surface area contributed by atoms with Gasteiger partial charge in [-0.3, -0.25) is 14.4 Å². The second-order valence-corrected chi connectivity index (χ2v) is 9.89. The molecule has 2 aliphatic heterocycles. The van der Waals surface area contributed by atoms with Crippen LogP contribution in [0.5, 0.6) is 11.5 Å². The van der Waals surface area contributed by atoms with E-state index in [1.54, 1.807) is 72.8 Å². The van der Waals surface area contributed by atoms with Gasteiger partial charge in [0.15, 0.2) is 17.6 Å². The Morgan fingerprint density at radius 3 is 2.22 bits per heavy atom. The normalized spacial score (nSPS) is 19.8. The number of hydrogen-bond donors (Lipinski definition) is 0. The summed E-state index contributed by atoms with van der Waals surface area (Å²) < 4.78 is 24.7. The van der Waals surface area contributed by atoms with E-state index in [-0.39, 0.29) is 17.2 Å². The summed E-state index contributed by atoms with van der Waals surface area (Å²) in [6, 6.07) is 24.6. The maximum atomic E-state index is 13.8. The molecule has 0 N–H and O–H groups in total. The molecule has 0 bridgehead atoms. The van der Waals surface area contributed by atoms with Crippen LogP contribution in [0.4, 0.5) is 15.8 Å². The maximum Gasteiger partial charge on any atom is 0.343 e. The molecule has 2 heterocycles. The van der Waals surface area contributed by atoms with Gasteiger partial charge in [0.2, 0.25) is 5.91 Å². The Kier molecular flexibility index (Phi) is 6.90. The Bertz CT molecular complexity index is 1630. The lowest BCUT2D eigenvalue weighted by Crippen LogP contribution is -2.37. The van der Waals surface area contributed by atoms with Gasteiger partial charge in [-0.15, -0.1) is 0 Å². The van der Waals surface area contributed by atoms with Crippen molar-refractivity contribution in [2.45, 2.75) is 12.1 Å². The average molecular weight is 573 g/mol. The van der Waals surface area contributed by atoms with Gasteiger partial charge in [0, 0.05) is 5.02 Å². The second-order valence-electron chi connectivity index (χ2n) is 9.45. The summed E-state index contributed by atoms with van der Waals surface area (Å²) in [7, 11) is 1.43. The summed E-state index contributed by atoms with van der Waals surface area (Å²) in [6.45, 7) is 0. The highest BCUT2D eigenvalue weighted by Gasteiger charge is 2.60. The van der Waals surface area contributed by atoms with Crippen molar-refractivity contribution in [3.63, 3.8) is 0 Å². The molecule has 0 unspecified atom stereocenters. The first-order valence-electron chi connectivity index (χ1n) is 12.7. The number of fused-ring (bicyclic) bond motifs is 1. The molecule has 2 aliphatic rings. The van der Waals surface area contributed by atoms with Gasteiger partial charge in [0.1, 0.15) is 11.7 Å². The quantitative estimate of drug-likeness (QED) is 0.165. The minimum Gasteiger partial charge on any atom is -0.493 e. The highest BCUT2D eigenvalue weighted by molar-refractivity contribution is 6.30. The molecule has 0 saturated carbocycles. The highest BCUT2D eigenvalue weighted by atomic mass is 35.5. The molecule has 2 saturated heterocycles. The topological polar surface area (TPSA) is 85.4 Å². The minimum absolute atomic E-state index is 0.181. The summed E-state index contributed by atoms with van der Waals surface area (Å²) in [5.41, 5.74) is 1.76. The fourth-order valence-electron chi connectivity index (χ4n) is 5.10. The first kappa shape index (κ1) is 26.5. The number of ether oxygens (including phenoxy) is 2. The number of nitrogens with zero attached hydrogens (tertiary/aromatic N) is 2. The summed E-state index contributed by atoms with van der Waals surface area (Å²) in [5, 5.41) is 2.01. The van der Waals surface area contributed by atoms with Crippen molar-refractivity contribution in [1.29, 1.82) is 0 Å². The molecule has 6 rings (SSSR count). The average Bonchev–Trinajstić information content (AvgIpc) is 3.50. The van der Waals surface area contributed by atoms with Gasteiger partial charge < -0.3 is 9.47 Å². The molecule has 2 fully saturated rings. The van der Waals surface area contributed by atoms with E-state index in [4.69, 9.17) is 25.9 Å². The van der Waals surface area contributed by atoms with Crippen molar-refractivity contribution in [3.8, 4) is 11.5 Å². The maximum absolute atomic E-state index is 13.8. The van der Waals surface area contributed by atoms with Crippen molar-refractivity contribution in [2.24, 2.45) is 5.92 Å². The van der Waals surface area contributed by atoms with Crippen molar-refractivity contribution in [2.75, 3.05) is 17.1 Å². The molecule has 0 aromatic heterocycles. The summed E-state index contributed by atoms with van der Waals surface area (Å²) >= 11 is 6.10.